The maximum Gasteiger partial charge on any atom is 0.138 e. The van der Waals surface area contributed by atoms with Crippen molar-refractivity contribution in [2.45, 2.75) is 32.3 Å². The van der Waals surface area contributed by atoms with Crippen LogP contribution >= 0.6 is 27.3 Å². The van der Waals surface area contributed by atoms with E-state index >= 15 is 0 Å². The summed E-state index contributed by atoms with van der Waals surface area (Å²) in [5.74, 6) is 0.285. The Bertz CT molecular complexity index is 322. The smallest absolute Gasteiger partial charge is 0.138 e. The highest BCUT2D eigenvalue weighted by atomic mass is 79.9. The number of thiophene rings is 1. The van der Waals surface area contributed by atoms with Crippen molar-refractivity contribution in [2.24, 2.45) is 0 Å². The van der Waals surface area contributed by atoms with Crippen molar-refractivity contribution < 1.29 is 9.53 Å². The highest BCUT2D eigenvalue weighted by Crippen LogP contribution is 2.22. The molecule has 0 aliphatic carbocycles. The standard InChI is InChI=1S/C11H15BrO2S/c1-8(14-2)3-4-9(13)7-10-5-6-11(12)15-10/h5-6,8H,3-4,7H2,1-2H3. The lowest BCUT2D eigenvalue weighted by Gasteiger charge is -2.07. The van der Waals surface area contributed by atoms with Crippen LogP contribution in [0.3, 0.4) is 0 Å². The van der Waals surface area contributed by atoms with Crippen LogP contribution in [0.1, 0.15) is 24.6 Å². The van der Waals surface area contributed by atoms with Crippen LogP contribution < -0.4 is 0 Å². The summed E-state index contributed by atoms with van der Waals surface area (Å²) < 4.78 is 6.18. The Hall–Kier alpha value is -0.190. The lowest BCUT2D eigenvalue weighted by molar-refractivity contribution is -0.119. The maximum atomic E-state index is 11.6. The van der Waals surface area contributed by atoms with Crippen LogP contribution in [0.25, 0.3) is 0 Å². The zero-order chi connectivity index (χ0) is 11.3. The van der Waals surface area contributed by atoms with Crippen molar-refractivity contribution >= 4 is 33.0 Å². The van der Waals surface area contributed by atoms with Gasteiger partial charge in [0.1, 0.15) is 5.78 Å². The third kappa shape index (κ3) is 4.91. The van der Waals surface area contributed by atoms with Gasteiger partial charge in [0, 0.05) is 24.8 Å². The molecule has 0 N–H and O–H groups in total. The van der Waals surface area contributed by atoms with Crippen LogP contribution in [0.2, 0.25) is 0 Å². The zero-order valence-electron chi connectivity index (χ0n) is 8.96. The molecule has 0 spiro atoms. The molecule has 1 aromatic heterocycles. The van der Waals surface area contributed by atoms with Crippen LogP contribution in [0.15, 0.2) is 15.9 Å². The summed E-state index contributed by atoms with van der Waals surface area (Å²) in [5.41, 5.74) is 0. The van der Waals surface area contributed by atoms with Gasteiger partial charge in [0.2, 0.25) is 0 Å². The minimum absolute atomic E-state index is 0.170. The third-order valence-corrected chi connectivity index (χ3v) is 3.86. The largest absolute Gasteiger partial charge is 0.382 e. The minimum atomic E-state index is 0.170. The SMILES string of the molecule is COC(C)CCC(=O)Cc1ccc(Br)s1. The Labute approximate surface area is 103 Å². The first-order chi connectivity index (χ1) is 7.11. The molecule has 4 heteroatoms. The Morgan fingerprint density at radius 3 is 2.87 bits per heavy atom. The molecule has 1 atom stereocenters. The van der Waals surface area contributed by atoms with Crippen LogP contribution in [-0.4, -0.2) is 19.0 Å². The number of halogens is 1. The average molecular weight is 291 g/mol. The van der Waals surface area contributed by atoms with E-state index in [1.54, 1.807) is 18.4 Å². The Kier molecular flexibility index (Phi) is 5.50. The van der Waals surface area contributed by atoms with Gasteiger partial charge in [-0.2, -0.15) is 0 Å². The van der Waals surface area contributed by atoms with Crippen molar-refractivity contribution in [2.75, 3.05) is 7.11 Å². The van der Waals surface area contributed by atoms with Gasteiger partial charge in [0.05, 0.1) is 9.89 Å². The fourth-order valence-corrected chi connectivity index (χ4v) is 2.72. The highest BCUT2D eigenvalue weighted by Gasteiger charge is 2.08. The van der Waals surface area contributed by atoms with Gasteiger partial charge >= 0.3 is 0 Å². The summed E-state index contributed by atoms with van der Waals surface area (Å²) in [6, 6.07) is 3.97. The van der Waals surface area contributed by atoms with Crippen molar-refractivity contribution in [3.8, 4) is 0 Å². The minimum Gasteiger partial charge on any atom is -0.382 e. The topological polar surface area (TPSA) is 26.3 Å². The van der Waals surface area contributed by atoms with Gasteiger partial charge in [0.25, 0.3) is 0 Å². The number of carbonyl (C=O) groups is 1. The van der Waals surface area contributed by atoms with E-state index in [1.807, 2.05) is 19.1 Å². The van der Waals surface area contributed by atoms with Gasteiger partial charge in [-0.05, 0) is 41.4 Å². The normalized spacial score (nSPS) is 12.7. The summed E-state index contributed by atoms with van der Waals surface area (Å²) >= 11 is 5.00. The van der Waals surface area contributed by atoms with Crippen LogP contribution in [-0.2, 0) is 16.0 Å². The van der Waals surface area contributed by atoms with E-state index < -0.39 is 0 Å². The van der Waals surface area contributed by atoms with E-state index in [0.717, 1.165) is 15.1 Å². The van der Waals surface area contributed by atoms with Gasteiger partial charge < -0.3 is 4.74 Å². The van der Waals surface area contributed by atoms with Crippen molar-refractivity contribution in [1.82, 2.24) is 0 Å². The Morgan fingerprint density at radius 2 is 2.33 bits per heavy atom. The number of Topliss-reactive ketones (excluding diaryl/α,β-unsaturated/α-hetero) is 1. The lowest BCUT2D eigenvalue weighted by Crippen LogP contribution is -2.09. The summed E-state index contributed by atoms with van der Waals surface area (Å²) in [4.78, 5) is 12.7. The molecule has 1 unspecified atom stereocenters. The van der Waals surface area contributed by atoms with E-state index in [2.05, 4.69) is 15.9 Å². The summed E-state index contributed by atoms with van der Waals surface area (Å²) in [6.07, 6.45) is 2.13. The molecule has 0 amide bonds. The van der Waals surface area contributed by atoms with Crippen molar-refractivity contribution in [3.05, 3.63) is 20.8 Å². The number of methoxy groups -OCH3 is 1. The molecule has 0 radical (unpaired) electrons. The highest BCUT2D eigenvalue weighted by molar-refractivity contribution is 9.11. The van der Waals surface area contributed by atoms with E-state index in [0.29, 0.717) is 12.8 Å². The fraction of sp³-hybridized carbons (Fsp3) is 0.545. The number of ketones is 1. The maximum absolute atomic E-state index is 11.6. The van der Waals surface area contributed by atoms with E-state index in [4.69, 9.17) is 4.74 Å². The number of rotatable bonds is 6. The van der Waals surface area contributed by atoms with Gasteiger partial charge in [-0.3, -0.25) is 4.79 Å². The fourth-order valence-electron chi connectivity index (χ4n) is 1.21. The van der Waals surface area contributed by atoms with Gasteiger partial charge in [0.15, 0.2) is 0 Å². The molecule has 1 heterocycles. The Morgan fingerprint density at radius 1 is 1.60 bits per heavy atom. The van der Waals surface area contributed by atoms with Crippen LogP contribution in [0, 0.1) is 0 Å². The third-order valence-electron chi connectivity index (χ3n) is 2.23. The zero-order valence-corrected chi connectivity index (χ0v) is 11.4. The molecule has 2 nitrogen and oxygen atoms in total. The summed E-state index contributed by atoms with van der Waals surface area (Å²) in [5, 5.41) is 0. The molecule has 84 valence electrons. The van der Waals surface area contributed by atoms with Gasteiger partial charge in [-0.15, -0.1) is 11.3 Å². The molecule has 0 bridgehead atoms. The molecule has 0 aliphatic rings. The lowest BCUT2D eigenvalue weighted by atomic mass is 10.1. The van der Waals surface area contributed by atoms with Crippen LogP contribution in [0.5, 0.6) is 0 Å². The molecule has 0 aromatic carbocycles. The quantitative estimate of drug-likeness (QED) is 0.802. The monoisotopic (exact) mass is 290 g/mol. The van der Waals surface area contributed by atoms with E-state index in [9.17, 15) is 4.79 Å². The number of ether oxygens (including phenoxy) is 1. The summed E-state index contributed by atoms with van der Waals surface area (Å²) in [6.45, 7) is 1.98. The molecule has 1 rings (SSSR count). The second-order valence-corrected chi connectivity index (χ2v) is 6.05. The predicted octanol–water partition coefficient (Wildman–Crippen LogP) is 3.44. The van der Waals surface area contributed by atoms with Gasteiger partial charge in [-0.25, -0.2) is 0 Å². The molecular weight excluding hydrogens is 276 g/mol. The first-order valence-corrected chi connectivity index (χ1v) is 6.51. The second-order valence-electron chi connectivity index (χ2n) is 3.51. The molecule has 15 heavy (non-hydrogen) atoms. The second kappa shape index (κ2) is 6.40. The molecule has 1 aromatic rings. The van der Waals surface area contributed by atoms with Crippen molar-refractivity contribution in [1.29, 1.82) is 0 Å². The molecule has 0 saturated carbocycles. The molecule has 0 saturated heterocycles. The first kappa shape index (κ1) is 12.9. The molecule has 0 fully saturated rings. The van der Waals surface area contributed by atoms with E-state index in [-0.39, 0.29) is 11.9 Å². The van der Waals surface area contributed by atoms with E-state index in [1.165, 1.54) is 0 Å². The van der Waals surface area contributed by atoms with Crippen molar-refractivity contribution in [3.63, 3.8) is 0 Å². The number of hydrogen-bond donors (Lipinski definition) is 0. The number of hydrogen-bond acceptors (Lipinski definition) is 3. The van der Waals surface area contributed by atoms with Gasteiger partial charge in [-0.1, -0.05) is 0 Å². The molecular formula is C11H15BrO2S. The van der Waals surface area contributed by atoms with Crippen LogP contribution in [0.4, 0.5) is 0 Å². The Balaban J connectivity index is 2.30. The molecule has 0 aliphatic heterocycles. The summed E-state index contributed by atoms with van der Waals surface area (Å²) in [7, 11) is 1.67. The first-order valence-electron chi connectivity index (χ1n) is 4.90. The average Bonchev–Trinajstić information content (AvgIpc) is 2.60. The predicted molar refractivity (Wildman–Crippen MR) is 66.4 cm³/mol. The number of carbonyl (C=O) groups excluding carboxylic acids is 1.